The number of rotatable bonds is 2. The number of carbonyl (C=O) groups excluding carboxylic acids is 1. The fraction of sp³-hybridized carbons (Fsp3) is 0. The summed E-state index contributed by atoms with van der Waals surface area (Å²) in [6, 6.07) is 5.91. The van der Waals surface area contributed by atoms with Gasteiger partial charge in [-0.3, -0.25) is 9.36 Å². The molecule has 1 aromatic heterocycles. The fourth-order valence-corrected chi connectivity index (χ4v) is 1.22. The highest BCUT2D eigenvalue weighted by atomic mass is 19.1. The highest BCUT2D eigenvalue weighted by Gasteiger charge is 1.97. The third-order valence-corrected chi connectivity index (χ3v) is 2.05. The third kappa shape index (κ3) is 2.42. The number of aromatic nitrogens is 2. The van der Waals surface area contributed by atoms with Gasteiger partial charge in [-0.05, 0) is 23.8 Å². The van der Waals surface area contributed by atoms with E-state index in [1.165, 1.54) is 35.3 Å². The minimum atomic E-state index is -0.293. The lowest BCUT2D eigenvalue weighted by molar-refractivity contribution is 0.0969. The summed E-state index contributed by atoms with van der Waals surface area (Å²) < 4.78 is 14.0. The SMILES string of the molecule is O=C(/C=C/c1ccc(F)cc1)n1ccnc1. The van der Waals surface area contributed by atoms with Crippen LogP contribution in [0.15, 0.2) is 49.1 Å². The summed E-state index contributed by atoms with van der Waals surface area (Å²) in [5.74, 6) is -0.486. The van der Waals surface area contributed by atoms with Gasteiger partial charge in [-0.1, -0.05) is 12.1 Å². The van der Waals surface area contributed by atoms with E-state index in [9.17, 15) is 9.18 Å². The molecule has 0 fully saturated rings. The summed E-state index contributed by atoms with van der Waals surface area (Å²) in [7, 11) is 0. The van der Waals surface area contributed by atoms with Gasteiger partial charge in [-0.25, -0.2) is 9.37 Å². The molecule has 1 aromatic carbocycles. The minimum absolute atomic E-state index is 0.193. The number of nitrogens with zero attached hydrogens (tertiary/aromatic N) is 2. The number of hydrogen-bond donors (Lipinski definition) is 0. The first-order valence-corrected chi connectivity index (χ1v) is 4.71. The van der Waals surface area contributed by atoms with Crippen molar-refractivity contribution in [2.75, 3.05) is 0 Å². The zero-order valence-electron chi connectivity index (χ0n) is 8.38. The van der Waals surface area contributed by atoms with Gasteiger partial charge >= 0.3 is 0 Å². The van der Waals surface area contributed by atoms with Crippen LogP contribution < -0.4 is 0 Å². The minimum Gasteiger partial charge on any atom is -0.273 e. The van der Waals surface area contributed by atoms with Crippen molar-refractivity contribution in [3.05, 3.63) is 60.4 Å². The number of allylic oxidation sites excluding steroid dienone is 1. The number of carbonyl (C=O) groups is 1. The first-order chi connectivity index (χ1) is 7.75. The van der Waals surface area contributed by atoms with Gasteiger partial charge in [0.25, 0.3) is 5.91 Å². The van der Waals surface area contributed by atoms with E-state index in [0.717, 1.165) is 5.56 Å². The summed E-state index contributed by atoms with van der Waals surface area (Å²) in [5.41, 5.74) is 0.773. The second kappa shape index (κ2) is 4.53. The molecular weight excluding hydrogens is 207 g/mol. The Morgan fingerprint density at radius 1 is 1.31 bits per heavy atom. The lowest BCUT2D eigenvalue weighted by Gasteiger charge is -1.94. The average molecular weight is 216 g/mol. The van der Waals surface area contributed by atoms with Crippen molar-refractivity contribution >= 4 is 12.0 Å². The topological polar surface area (TPSA) is 34.9 Å². The molecule has 0 amide bonds. The van der Waals surface area contributed by atoms with Crippen LogP contribution in [0, 0.1) is 5.82 Å². The number of hydrogen-bond acceptors (Lipinski definition) is 2. The van der Waals surface area contributed by atoms with Gasteiger partial charge in [0.1, 0.15) is 12.1 Å². The highest BCUT2D eigenvalue weighted by Crippen LogP contribution is 2.04. The van der Waals surface area contributed by atoms with Crippen molar-refractivity contribution in [2.24, 2.45) is 0 Å². The fourth-order valence-electron chi connectivity index (χ4n) is 1.22. The molecule has 80 valence electrons. The second-order valence-corrected chi connectivity index (χ2v) is 3.19. The smallest absolute Gasteiger partial charge is 0.255 e. The van der Waals surface area contributed by atoms with Gasteiger partial charge in [0, 0.05) is 18.5 Å². The maximum Gasteiger partial charge on any atom is 0.255 e. The molecule has 0 unspecified atom stereocenters. The van der Waals surface area contributed by atoms with E-state index < -0.39 is 0 Å². The van der Waals surface area contributed by atoms with Crippen LogP contribution in [0.3, 0.4) is 0 Å². The maximum atomic E-state index is 12.6. The first-order valence-electron chi connectivity index (χ1n) is 4.71. The van der Waals surface area contributed by atoms with Crippen LogP contribution in [-0.2, 0) is 0 Å². The molecule has 1 heterocycles. The zero-order valence-corrected chi connectivity index (χ0v) is 8.38. The molecule has 3 nitrogen and oxygen atoms in total. The van der Waals surface area contributed by atoms with E-state index in [4.69, 9.17) is 0 Å². The summed E-state index contributed by atoms with van der Waals surface area (Å²) >= 11 is 0. The van der Waals surface area contributed by atoms with Crippen molar-refractivity contribution in [1.82, 2.24) is 9.55 Å². The van der Waals surface area contributed by atoms with Crippen LogP contribution >= 0.6 is 0 Å². The van der Waals surface area contributed by atoms with E-state index in [2.05, 4.69) is 4.98 Å². The van der Waals surface area contributed by atoms with Crippen LogP contribution in [-0.4, -0.2) is 15.5 Å². The monoisotopic (exact) mass is 216 g/mol. The lowest BCUT2D eigenvalue weighted by atomic mass is 10.2. The number of benzene rings is 1. The van der Waals surface area contributed by atoms with E-state index in [1.807, 2.05) is 0 Å². The Labute approximate surface area is 91.9 Å². The van der Waals surface area contributed by atoms with Crippen LogP contribution in [0.2, 0.25) is 0 Å². The van der Waals surface area contributed by atoms with Gasteiger partial charge in [-0.2, -0.15) is 0 Å². The van der Waals surface area contributed by atoms with E-state index in [0.29, 0.717) is 0 Å². The van der Waals surface area contributed by atoms with Crippen LogP contribution in [0.5, 0.6) is 0 Å². The highest BCUT2D eigenvalue weighted by molar-refractivity contribution is 5.93. The Hall–Kier alpha value is -2.23. The van der Waals surface area contributed by atoms with Crippen molar-refractivity contribution in [3.63, 3.8) is 0 Å². The van der Waals surface area contributed by atoms with E-state index >= 15 is 0 Å². The summed E-state index contributed by atoms with van der Waals surface area (Å²) in [6.45, 7) is 0. The third-order valence-electron chi connectivity index (χ3n) is 2.05. The second-order valence-electron chi connectivity index (χ2n) is 3.19. The largest absolute Gasteiger partial charge is 0.273 e. The summed E-state index contributed by atoms with van der Waals surface area (Å²) in [5, 5.41) is 0. The molecule has 2 aromatic rings. The molecule has 0 aliphatic heterocycles. The zero-order chi connectivity index (χ0) is 11.4. The summed E-state index contributed by atoms with van der Waals surface area (Å²) in [4.78, 5) is 15.3. The Balaban J connectivity index is 2.10. The van der Waals surface area contributed by atoms with Gasteiger partial charge in [0.2, 0.25) is 0 Å². The summed E-state index contributed by atoms with van der Waals surface area (Å²) in [6.07, 6.45) is 7.56. The maximum absolute atomic E-state index is 12.6. The molecule has 0 aliphatic carbocycles. The van der Waals surface area contributed by atoms with Crippen molar-refractivity contribution in [3.8, 4) is 0 Å². The number of halogens is 1. The molecule has 0 saturated heterocycles. The van der Waals surface area contributed by atoms with Gasteiger partial charge in [0.05, 0.1) is 0 Å². The Morgan fingerprint density at radius 2 is 2.06 bits per heavy atom. The molecule has 0 saturated carbocycles. The number of imidazole rings is 1. The Bertz CT molecular complexity index is 500. The molecule has 16 heavy (non-hydrogen) atoms. The molecule has 4 heteroatoms. The van der Waals surface area contributed by atoms with Crippen LogP contribution in [0.25, 0.3) is 6.08 Å². The van der Waals surface area contributed by atoms with Crippen molar-refractivity contribution < 1.29 is 9.18 Å². The van der Waals surface area contributed by atoms with Gasteiger partial charge in [-0.15, -0.1) is 0 Å². The van der Waals surface area contributed by atoms with E-state index in [-0.39, 0.29) is 11.7 Å². The van der Waals surface area contributed by atoms with Gasteiger partial charge < -0.3 is 0 Å². The van der Waals surface area contributed by atoms with Crippen molar-refractivity contribution in [1.29, 1.82) is 0 Å². The van der Waals surface area contributed by atoms with Crippen LogP contribution in [0.4, 0.5) is 4.39 Å². The molecule has 0 bridgehead atoms. The molecule has 0 N–H and O–H groups in total. The first kappa shape index (κ1) is 10.3. The molecular formula is C12H9FN2O. The molecule has 2 rings (SSSR count). The average Bonchev–Trinajstić information content (AvgIpc) is 2.81. The molecule has 0 spiro atoms. The predicted molar refractivity (Wildman–Crippen MR) is 58.3 cm³/mol. The van der Waals surface area contributed by atoms with E-state index in [1.54, 1.807) is 24.4 Å². The Kier molecular flexibility index (Phi) is 2.91. The van der Waals surface area contributed by atoms with Gasteiger partial charge in [0.15, 0.2) is 0 Å². The standard InChI is InChI=1S/C12H9FN2O/c13-11-4-1-10(2-5-11)3-6-12(16)15-8-7-14-9-15/h1-9H/b6-3+. The van der Waals surface area contributed by atoms with Crippen molar-refractivity contribution in [2.45, 2.75) is 0 Å². The molecule has 0 atom stereocenters. The van der Waals surface area contributed by atoms with Crippen LogP contribution in [0.1, 0.15) is 10.4 Å². The molecule has 0 aliphatic rings. The molecule has 0 radical (unpaired) electrons. The Morgan fingerprint density at radius 3 is 2.69 bits per heavy atom. The quantitative estimate of drug-likeness (QED) is 0.722. The predicted octanol–water partition coefficient (Wildman–Crippen LogP) is 2.38. The lowest BCUT2D eigenvalue weighted by Crippen LogP contribution is -2.03. The normalized spacial score (nSPS) is 10.8.